The van der Waals surface area contributed by atoms with Gasteiger partial charge in [0.25, 0.3) is 0 Å². The highest BCUT2D eigenvalue weighted by Gasteiger charge is 2.35. The van der Waals surface area contributed by atoms with Crippen molar-refractivity contribution in [2.45, 2.75) is 44.2 Å². The van der Waals surface area contributed by atoms with Crippen molar-refractivity contribution in [2.24, 2.45) is 5.73 Å². The Morgan fingerprint density at radius 3 is 2.95 bits per heavy atom. The topological polar surface area (TPSA) is 38.5 Å². The first-order valence-electron chi connectivity index (χ1n) is 7.66. The Morgan fingerprint density at radius 1 is 1.30 bits per heavy atom. The maximum atomic E-state index is 14.4. The number of rotatable bonds is 3. The standard InChI is InChI=1S/C16H23FN2O/c17-13-11-12(7-8-18)5-6-14(13)19-9-10-20-16-4-2-1-3-15(16)19/h5-6,11,15-16H,1-4,7-10,18H2. The summed E-state index contributed by atoms with van der Waals surface area (Å²) >= 11 is 0. The lowest BCUT2D eigenvalue weighted by atomic mass is 9.89. The average Bonchev–Trinajstić information content (AvgIpc) is 2.47. The first kappa shape index (κ1) is 13.8. The zero-order chi connectivity index (χ0) is 13.9. The monoisotopic (exact) mass is 278 g/mol. The van der Waals surface area contributed by atoms with Crippen molar-refractivity contribution < 1.29 is 9.13 Å². The van der Waals surface area contributed by atoms with Gasteiger partial charge in [-0.3, -0.25) is 0 Å². The van der Waals surface area contributed by atoms with Gasteiger partial charge in [-0.1, -0.05) is 18.9 Å². The van der Waals surface area contributed by atoms with Gasteiger partial charge in [-0.2, -0.15) is 0 Å². The molecule has 1 saturated heterocycles. The zero-order valence-corrected chi connectivity index (χ0v) is 11.9. The van der Waals surface area contributed by atoms with Crippen LogP contribution in [-0.2, 0) is 11.2 Å². The van der Waals surface area contributed by atoms with Gasteiger partial charge in [0, 0.05) is 6.54 Å². The predicted molar refractivity (Wildman–Crippen MR) is 78.5 cm³/mol. The van der Waals surface area contributed by atoms with E-state index in [1.54, 1.807) is 6.07 Å². The van der Waals surface area contributed by atoms with Gasteiger partial charge in [-0.25, -0.2) is 4.39 Å². The summed E-state index contributed by atoms with van der Waals surface area (Å²) in [7, 11) is 0. The molecule has 1 aliphatic heterocycles. The average molecular weight is 278 g/mol. The summed E-state index contributed by atoms with van der Waals surface area (Å²) in [6, 6.07) is 5.89. The second-order valence-electron chi connectivity index (χ2n) is 5.78. The lowest BCUT2D eigenvalue weighted by Crippen LogP contribution is -2.53. The highest BCUT2D eigenvalue weighted by molar-refractivity contribution is 5.51. The van der Waals surface area contributed by atoms with Gasteiger partial charge in [-0.15, -0.1) is 0 Å². The number of hydrogen-bond donors (Lipinski definition) is 1. The maximum Gasteiger partial charge on any atom is 0.146 e. The summed E-state index contributed by atoms with van der Waals surface area (Å²) in [4.78, 5) is 2.22. The van der Waals surface area contributed by atoms with Crippen molar-refractivity contribution >= 4 is 5.69 Å². The molecule has 2 aliphatic rings. The van der Waals surface area contributed by atoms with Gasteiger partial charge >= 0.3 is 0 Å². The van der Waals surface area contributed by atoms with Crippen LogP contribution in [-0.4, -0.2) is 31.8 Å². The van der Waals surface area contributed by atoms with E-state index in [9.17, 15) is 4.39 Å². The minimum atomic E-state index is -0.123. The summed E-state index contributed by atoms with van der Waals surface area (Å²) in [6.45, 7) is 2.04. The molecule has 1 aromatic rings. The summed E-state index contributed by atoms with van der Waals surface area (Å²) in [5.41, 5.74) is 7.23. The van der Waals surface area contributed by atoms with Gasteiger partial charge in [0.05, 0.1) is 24.4 Å². The molecule has 2 fully saturated rings. The lowest BCUT2D eigenvalue weighted by Gasteiger charge is -2.45. The summed E-state index contributed by atoms with van der Waals surface area (Å²) in [5.74, 6) is -0.123. The molecule has 2 atom stereocenters. The molecule has 4 heteroatoms. The Kier molecular flexibility index (Phi) is 4.22. The smallest absolute Gasteiger partial charge is 0.146 e. The molecular weight excluding hydrogens is 255 g/mol. The van der Waals surface area contributed by atoms with Crippen LogP contribution >= 0.6 is 0 Å². The molecule has 0 spiro atoms. The zero-order valence-electron chi connectivity index (χ0n) is 11.9. The van der Waals surface area contributed by atoms with E-state index >= 15 is 0 Å². The number of ether oxygens (including phenoxy) is 1. The Balaban J connectivity index is 1.83. The van der Waals surface area contributed by atoms with Crippen LogP contribution in [0.25, 0.3) is 0 Å². The third kappa shape index (κ3) is 2.67. The largest absolute Gasteiger partial charge is 0.374 e. The molecule has 0 aromatic heterocycles. The van der Waals surface area contributed by atoms with E-state index in [-0.39, 0.29) is 11.9 Å². The number of nitrogens with zero attached hydrogens (tertiary/aromatic N) is 1. The van der Waals surface area contributed by atoms with E-state index < -0.39 is 0 Å². The van der Waals surface area contributed by atoms with E-state index in [0.29, 0.717) is 19.2 Å². The molecule has 0 radical (unpaired) electrons. The number of anilines is 1. The van der Waals surface area contributed by atoms with E-state index in [4.69, 9.17) is 10.5 Å². The van der Waals surface area contributed by atoms with Crippen LogP contribution in [0.1, 0.15) is 31.2 Å². The molecule has 110 valence electrons. The Hall–Kier alpha value is -1.13. The first-order chi connectivity index (χ1) is 9.79. The van der Waals surface area contributed by atoms with E-state index in [1.807, 2.05) is 12.1 Å². The molecule has 1 aromatic carbocycles. The third-order valence-corrected chi connectivity index (χ3v) is 4.49. The normalized spacial score (nSPS) is 26.4. The Morgan fingerprint density at radius 2 is 2.15 bits per heavy atom. The van der Waals surface area contributed by atoms with Crippen LogP contribution in [0.3, 0.4) is 0 Å². The second kappa shape index (κ2) is 6.10. The minimum absolute atomic E-state index is 0.123. The van der Waals surface area contributed by atoms with E-state index in [2.05, 4.69) is 4.90 Å². The molecule has 1 aliphatic carbocycles. The van der Waals surface area contributed by atoms with Gasteiger partial charge in [0.2, 0.25) is 0 Å². The number of fused-ring (bicyclic) bond motifs is 1. The molecular formula is C16H23FN2O. The Bertz CT molecular complexity index is 464. The molecule has 3 rings (SSSR count). The number of halogens is 1. The van der Waals surface area contributed by atoms with Gasteiger partial charge in [-0.05, 0) is 43.5 Å². The fourth-order valence-corrected chi connectivity index (χ4v) is 3.50. The summed E-state index contributed by atoms with van der Waals surface area (Å²) < 4.78 is 20.2. The predicted octanol–water partition coefficient (Wildman–Crippen LogP) is 2.47. The number of nitrogens with two attached hydrogens (primary N) is 1. The second-order valence-corrected chi connectivity index (χ2v) is 5.78. The maximum absolute atomic E-state index is 14.4. The van der Waals surface area contributed by atoms with Crippen LogP contribution in [0.4, 0.5) is 10.1 Å². The van der Waals surface area contributed by atoms with Crippen LogP contribution in [0.2, 0.25) is 0 Å². The molecule has 3 nitrogen and oxygen atoms in total. The van der Waals surface area contributed by atoms with Gasteiger partial charge in [0.15, 0.2) is 0 Å². The van der Waals surface area contributed by atoms with Crippen molar-refractivity contribution in [1.29, 1.82) is 0 Å². The van der Waals surface area contributed by atoms with Crippen molar-refractivity contribution in [3.8, 4) is 0 Å². The van der Waals surface area contributed by atoms with Crippen LogP contribution in [0.5, 0.6) is 0 Å². The molecule has 0 bridgehead atoms. The third-order valence-electron chi connectivity index (χ3n) is 4.49. The molecule has 0 amide bonds. The number of morpholine rings is 1. The van der Waals surface area contributed by atoms with Crippen LogP contribution < -0.4 is 10.6 Å². The SMILES string of the molecule is NCCc1ccc(N2CCOC3CCCCC32)c(F)c1. The highest BCUT2D eigenvalue weighted by Crippen LogP contribution is 2.33. The first-order valence-corrected chi connectivity index (χ1v) is 7.66. The summed E-state index contributed by atoms with van der Waals surface area (Å²) in [6.07, 6.45) is 5.66. The quantitative estimate of drug-likeness (QED) is 0.923. The minimum Gasteiger partial charge on any atom is -0.374 e. The van der Waals surface area contributed by atoms with Crippen molar-refractivity contribution in [3.05, 3.63) is 29.6 Å². The van der Waals surface area contributed by atoms with Gasteiger partial charge in [0.1, 0.15) is 5.82 Å². The molecule has 2 unspecified atom stereocenters. The fraction of sp³-hybridized carbons (Fsp3) is 0.625. The number of benzene rings is 1. The lowest BCUT2D eigenvalue weighted by molar-refractivity contribution is -0.00891. The number of hydrogen-bond acceptors (Lipinski definition) is 3. The van der Waals surface area contributed by atoms with Crippen LogP contribution in [0.15, 0.2) is 18.2 Å². The molecule has 1 heterocycles. The fourth-order valence-electron chi connectivity index (χ4n) is 3.50. The summed E-state index contributed by atoms with van der Waals surface area (Å²) in [5, 5.41) is 0. The van der Waals surface area contributed by atoms with Crippen LogP contribution in [0, 0.1) is 5.82 Å². The van der Waals surface area contributed by atoms with Crippen molar-refractivity contribution in [1.82, 2.24) is 0 Å². The highest BCUT2D eigenvalue weighted by atomic mass is 19.1. The van der Waals surface area contributed by atoms with Gasteiger partial charge < -0.3 is 15.4 Å². The van der Waals surface area contributed by atoms with E-state index in [1.165, 1.54) is 12.8 Å². The van der Waals surface area contributed by atoms with Crippen molar-refractivity contribution in [3.63, 3.8) is 0 Å². The molecule has 20 heavy (non-hydrogen) atoms. The molecule has 2 N–H and O–H groups in total. The molecule has 1 saturated carbocycles. The Labute approximate surface area is 119 Å². The van der Waals surface area contributed by atoms with Crippen molar-refractivity contribution in [2.75, 3.05) is 24.6 Å². The van der Waals surface area contributed by atoms with E-state index in [0.717, 1.165) is 37.1 Å².